The minimum Gasteiger partial charge on any atom is -0.372 e. The van der Waals surface area contributed by atoms with Crippen molar-refractivity contribution in [1.82, 2.24) is 40.9 Å². The lowest BCUT2D eigenvalue weighted by atomic mass is 9.95. The Balaban J connectivity index is 0.732. The number of aromatic amines is 1. The first kappa shape index (κ1) is 41.4. The molecule has 0 aliphatic carbocycles. The zero-order valence-electron chi connectivity index (χ0n) is 37.1. The van der Waals surface area contributed by atoms with Gasteiger partial charge in [-0.3, -0.25) is 29.8 Å². The molecule has 6 aromatic rings. The van der Waals surface area contributed by atoms with E-state index in [2.05, 4.69) is 94.2 Å². The summed E-state index contributed by atoms with van der Waals surface area (Å²) < 4.78 is 5.32. The van der Waals surface area contributed by atoms with Gasteiger partial charge in [0.1, 0.15) is 0 Å². The summed E-state index contributed by atoms with van der Waals surface area (Å²) in [6.45, 7) is 15.7. The van der Waals surface area contributed by atoms with Crippen molar-refractivity contribution in [2.45, 2.75) is 83.8 Å². The van der Waals surface area contributed by atoms with Gasteiger partial charge in [-0.1, -0.05) is 50.2 Å². The molecule has 15 nitrogen and oxygen atoms in total. The zero-order valence-corrected chi connectivity index (χ0v) is 37.1. The fourth-order valence-corrected chi connectivity index (χ4v) is 10.0. The number of aryl methyl sites for hydroxylation is 1. The molecule has 3 aromatic heterocycles. The summed E-state index contributed by atoms with van der Waals surface area (Å²) in [6, 6.07) is 26.0. The molecule has 3 aromatic carbocycles. The fourth-order valence-electron chi connectivity index (χ4n) is 10.0. The van der Waals surface area contributed by atoms with Crippen LogP contribution in [0.2, 0.25) is 0 Å². The molecule has 0 saturated carbocycles. The molecule has 10 rings (SSSR count). The molecule has 4 aliphatic heterocycles. The van der Waals surface area contributed by atoms with Crippen LogP contribution in [0.1, 0.15) is 87.1 Å². The molecule has 7 heterocycles. The third-order valence-corrected chi connectivity index (χ3v) is 13.6. The molecule has 4 fully saturated rings. The number of hydrogen-bond donors (Lipinski definition) is 3. The molecule has 4 amide bonds. The molecule has 4 aliphatic rings. The molecule has 330 valence electrons. The number of hydrogen-bond acceptors (Lipinski definition) is 11. The summed E-state index contributed by atoms with van der Waals surface area (Å²) in [7, 11) is 0. The first-order chi connectivity index (χ1) is 30.8. The number of piperidine rings is 1. The molecule has 0 radical (unpaired) electrons. The minimum atomic E-state index is -0.379. The summed E-state index contributed by atoms with van der Waals surface area (Å²) in [5, 5.41) is 18.0. The van der Waals surface area contributed by atoms with E-state index in [-0.39, 0.29) is 35.1 Å². The predicted molar refractivity (Wildman–Crippen MR) is 246 cm³/mol. The average Bonchev–Trinajstić information content (AvgIpc) is 4.12. The predicted octanol–water partition coefficient (Wildman–Crippen LogP) is 7.40. The van der Waals surface area contributed by atoms with E-state index in [4.69, 9.17) is 9.51 Å². The number of aromatic nitrogens is 5. The Labute approximate surface area is 372 Å². The third kappa shape index (κ3) is 8.08. The fraction of sp³-hybridized carbons (Fsp3) is 0.408. The highest BCUT2D eigenvalue weighted by molar-refractivity contribution is 6.05. The lowest BCUT2D eigenvalue weighted by Gasteiger charge is -2.40. The van der Waals surface area contributed by atoms with E-state index in [0.717, 1.165) is 77.3 Å². The van der Waals surface area contributed by atoms with Crippen LogP contribution in [-0.4, -0.2) is 99.4 Å². The van der Waals surface area contributed by atoms with E-state index < -0.39 is 0 Å². The topological polar surface area (TPSA) is 169 Å². The van der Waals surface area contributed by atoms with Crippen LogP contribution >= 0.6 is 0 Å². The maximum absolute atomic E-state index is 13.0. The van der Waals surface area contributed by atoms with E-state index >= 15 is 0 Å². The van der Waals surface area contributed by atoms with Crippen LogP contribution in [0.5, 0.6) is 0 Å². The number of H-pyrrole nitrogens is 1. The molecular formula is C49H55N11O4. The van der Waals surface area contributed by atoms with Crippen LogP contribution < -0.4 is 25.3 Å². The van der Waals surface area contributed by atoms with Gasteiger partial charge in [-0.25, -0.2) is 9.78 Å². The Morgan fingerprint density at radius 3 is 2.31 bits per heavy atom. The molecule has 4 saturated heterocycles. The van der Waals surface area contributed by atoms with Gasteiger partial charge in [0.15, 0.2) is 5.65 Å². The van der Waals surface area contributed by atoms with E-state index in [1.165, 1.54) is 30.6 Å². The number of piperazine rings is 1. The van der Waals surface area contributed by atoms with Gasteiger partial charge >= 0.3 is 6.03 Å². The number of pyridine rings is 1. The highest BCUT2D eigenvalue weighted by atomic mass is 16.5. The quantitative estimate of drug-likeness (QED) is 0.126. The smallest absolute Gasteiger partial charge is 0.328 e. The van der Waals surface area contributed by atoms with E-state index in [9.17, 15) is 14.4 Å². The number of nitrogens with zero attached hydrogens (tertiary/aromatic N) is 8. The van der Waals surface area contributed by atoms with Gasteiger partial charge in [0.2, 0.25) is 11.8 Å². The molecule has 2 unspecified atom stereocenters. The van der Waals surface area contributed by atoms with Gasteiger partial charge in [-0.2, -0.15) is 10.1 Å². The van der Waals surface area contributed by atoms with Crippen molar-refractivity contribution in [3.05, 3.63) is 102 Å². The number of carbonyl (C=O) groups is 3. The van der Waals surface area contributed by atoms with Crippen LogP contribution in [0.25, 0.3) is 33.4 Å². The summed E-state index contributed by atoms with van der Waals surface area (Å²) in [6.07, 6.45) is 5.79. The second-order valence-electron chi connectivity index (χ2n) is 19.0. The number of carbonyl (C=O) groups excluding carboxylic acids is 3. The van der Waals surface area contributed by atoms with Crippen molar-refractivity contribution >= 4 is 45.9 Å². The first-order valence-electron chi connectivity index (χ1n) is 22.5. The number of nitrogens with one attached hydrogen (secondary N) is 3. The van der Waals surface area contributed by atoms with Crippen molar-refractivity contribution < 1.29 is 18.9 Å². The second kappa shape index (κ2) is 16.5. The van der Waals surface area contributed by atoms with Crippen LogP contribution in [0.4, 0.5) is 21.9 Å². The maximum Gasteiger partial charge on any atom is 0.328 e. The zero-order chi connectivity index (χ0) is 44.3. The maximum atomic E-state index is 13.0. The number of likely N-dealkylation sites (tertiary alicyclic amines) is 1. The highest BCUT2D eigenvalue weighted by Crippen LogP contribution is 2.38. The Morgan fingerprint density at radius 1 is 0.891 bits per heavy atom. The second-order valence-corrected chi connectivity index (χ2v) is 19.0. The van der Waals surface area contributed by atoms with Crippen molar-refractivity contribution in [1.29, 1.82) is 0 Å². The lowest BCUT2D eigenvalue weighted by molar-refractivity contribution is -0.120. The highest BCUT2D eigenvalue weighted by Gasteiger charge is 2.44. The summed E-state index contributed by atoms with van der Waals surface area (Å²) in [5.41, 5.74) is 9.64. The van der Waals surface area contributed by atoms with Gasteiger partial charge in [-0.15, -0.1) is 0 Å². The SMILES string of the molecule is Cc1cc(-c2[nH]nc3ncc(-c4ccc(N5CC6CC5CN6CC5CCN(c6ccc(N7CCC(=O)NC7=O)cc6)CC5)cc4)cc23)ccc1[C@@H](C)NC(=O)c1noc(C(C)(C)C)n1. The number of rotatable bonds is 10. The largest absolute Gasteiger partial charge is 0.372 e. The Bertz CT molecular complexity index is 2710. The van der Waals surface area contributed by atoms with Crippen LogP contribution in [0.15, 0.2) is 83.5 Å². The standard InChI is InChI=1S/C49H55N11O4/c1-29-22-33(8-15-40(29)30(2)51-46(62)45-53-47(64-56-45)49(3,4)5)43-41-23-34(25-50-44(41)55-54-43)32-6-9-37(10-7-32)60-28-38-24-39(60)27-58(38)26-31-16-19-57(20-17-31)35-11-13-36(14-12-35)59-21-18-42(61)52-48(59)63/h6-15,22-23,25,30-31,38-39H,16-21,24,26-28H2,1-5H3,(H,51,62)(H,50,54,55)(H,52,61,63)/t30-,38?,39?/m1/s1. The lowest BCUT2D eigenvalue weighted by Crippen LogP contribution is -2.49. The van der Waals surface area contributed by atoms with Crippen molar-refractivity contribution in [3.8, 4) is 22.4 Å². The van der Waals surface area contributed by atoms with Crippen molar-refractivity contribution in [2.24, 2.45) is 5.92 Å². The molecule has 3 N–H and O–H groups in total. The molecule has 64 heavy (non-hydrogen) atoms. The molecule has 3 atom stereocenters. The number of imide groups is 1. The summed E-state index contributed by atoms with van der Waals surface area (Å²) in [4.78, 5) is 55.3. The Morgan fingerprint density at radius 2 is 1.62 bits per heavy atom. The van der Waals surface area contributed by atoms with Gasteiger partial charge in [0.05, 0.1) is 11.7 Å². The van der Waals surface area contributed by atoms with Crippen molar-refractivity contribution in [3.63, 3.8) is 0 Å². The number of benzene rings is 3. The van der Waals surface area contributed by atoms with Gasteiger partial charge in [0, 0.05) is 103 Å². The summed E-state index contributed by atoms with van der Waals surface area (Å²) >= 11 is 0. The average molecular weight is 862 g/mol. The number of amides is 4. The Kier molecular flexibility index (Phi) is 10.7. The molecule has 0 spiro atoms. The normalized spacial score (nSPS) is 20.0. The monoisotopic (exact) mass is 861 g/mol. The number of anilines is 3. The van der Waals surface area contributed by atoms with E-state index in [0.29, 0.717) is 42.5 Å². The van der Waals surface area contributed by atoms with Crippen LogP contribution in [-0.2, 0) is 10.2 Å². The van der Waals surface area contributed by atoms with Crippen LogP contribution in [0.3, 0.4) is 0 Å². The molecular weight excluding hydrogens is 807 g/mol. The van der Waals surface area contributed by atoms with E-state index in [1.807, 2.05) is 65.1 Å². The van der Waals surface area contributed by atoms with Gasteiger partial charge in [0.25, 0.3) is 11.7 Å². The Hall–Kier alpha value is -6.61. The first-order valence-corrected chi connectivity index (χ1v) is 22.5. The third-order valence-electron chi connectivity index (χ3n) is 13.6. The minimum absolute atomic E-state index is 0.0260. The van der Waals surface area contributed by atoms with E-state index in [1.54, 1.807) is 4.90 Å². The summed E-state index contributed by atoms with van der Waals surface area (Å²) in [5.74, 6) is 0.544. The number of urea groups is 1. The van der Waals surface area contributed by atoms with Gasteiger partial charge < -0.3 is 19.6 Å². The molecule has 15 heteroatoms. The van der Waals surface area contributed by atoms with Gasteiger partial charge in [-0.05, 0) is 104 Å². The molecule has 2 bridgehead atoms. The number of fused-ring (bicyclic) bond motifs is 3. The van der Waals surface area contributed by atoms with Crippen LogP contribution in [0, 0.1) is 12.8 Å². The van der Waals surface area contributed by atoms with Crippen molar-refractivity contribution in [2.75, 3.05) is 54.0 Å².